The van der Waals surface area contributed by atoms with Crippen molar-refractivity contribution >= 4 is 5.91 Å². The average Bonchev–Trinajstić information content (AvgIpc) is 3.23. The third-order valence-corrected chi connectivity index (χ3v) is 5.93. The summed E-state index contributed by atoms with van der Waals surface area (Å²) < 4.78 is 6.18. The van der Waals surface area contributed by atoms with Gasteiger partial charge in [-0.05, 0) is 43.1 Å². The molecular formula is C26H29N3O2. The summed E-state index contributed by atoms with van der Waals surface area (Å²) in [7, 11) is 3.64. The molecule has 1 aliphatic rings. The van der Waals surface area contributed by atoms with Crippen molar-refractivity contribution in [2.45, 2.75) is 31.5 Å². The first-order chi connectivity index (χ1) is 15.1. The zero-order chi connectivity index (χ0) is 21.7. The summed E-state index contributed by atoms with van der Waals surface area (Å²) in [6.45, 7) is 1.98. The fourth-order valence-electron chi connectivity index (χ4n) is 4.42. The molecule has 3 aromatic rings. The van der Waals surface area contributed by atoms with Crippen LogP contribution in [0.2, 0.25) is 0 Å². The number of rotatable bonds is 7. The first kappa shape index (κ1) is 21.1. The maximum Gasteiger partial charge on any atom is 0.248 e. The molecule has 1 amide bonds. The Morgan fingerprint density at radius 1 is 1.03 bits per heavy atom. The number of likely N-dealkylation sites (N-methyl/N-ethyl adjacent to an activating group) is 1. The smallest absolute Gasteiger partial charge is 0.248 e. The summed E-state index contributed by atoms with van der Waals surface area (Å²) in [4.78, 5) is 22.0. The molecule has 4 rings (SSSR count). The molecule has 5 nitrogen and oxygen atoms in total. The van der Waals surface area contributed by atoms with Crippen LogP contribution in [0.5, 0.6) is 5.75 Å². The Labute approximate surface area is 184 Å². The number of likely N-dealkylation sites (tertiary alicyclic amines) is 1. The van der Waals surface area contributed by atoms with Gasteiger partial charge in [-0.15, -0.1) is 0 Å². The Hall–Kier alpha value is -3.18. The highest BCUT2D eigenvalue weighted by Gasteiger charge is 2.50. The van der Waals surface area contributed by atoms with E-state index in [0.717, 1.165) is 42.0 Å². The summed E-state index contributed by atoms with van der Waals surface area (Å²) >= 11 is 0. The lowest BCUT2D eigenvalue weighted by molar-refractivity contribution is -0.141. The van der Waals surface area contributed by atoms with E-state index in [0.29, 0.717) is 13.2 Å². The van der Waals surface area contributed by atoms with Crippen LogP contribution in [-0.4, -0.2) is 41.3 Å². The van der Waals surface area contributed by atoms with Crippen molar-refractivity contribution in [2.75, 3.05) is 20.6 Å². The van der Waals surface area contributed by atoms with Gasteiger partial charge in [0, 0.05) is 32.4 Å². The normalized spacial score (nSPS) is 18.6. The quantitative estimate of drug-likeness (QED) is 0.579. The Kier molecular flexibility index (Phi) is 6.33. The number of aromatic nitrogens is 1. The average molecular weight is 416 g/mol. The maximum atomic E-state index is 13.5. The number of ether oxygens (including phenoxy) is 1. The molecule has 1 saturated heterocycles. The molecule has 2 heterocycles. The van der Waals surface area contributed by atoms with Crippen molar-refractivity contribution in [1.82, 2.24) is 14.8 Å². The number of carbonyl (C=O) groups excluding carboxylic acids is 1. The van der Waals surface area contributed by atoms with E-state index >= 15 is 0 Å². The third-order valence-electron chi connectivity index (χ3n) is 5.93. The van der Waals surface area contributed by atoms with Crippen molar-refractivity contribution in [3.8, 4) is 5.75 Å². The Morgan fingerprint density at radius 2 is 1.77 bits per heavy atom. The van der Waals surface area contributed by atoms with Gasteiger partial charge < -0.3 is 9.64 Å². The zero-order valence-electron chi connectivity index (χ0n) is 18.2. The van der Waals surface area contributed by atoms with Gasteiger partial charge in [0.2, 0.25) is 5.91 Å². The molecule has 0 N–H and O–H groups in total. The number of pyridine rings is 1. The fourth-order valence-corrected chi connectivity index (χ4v) is 4.42. The van der Waals surface area contributed by atoms with Gasteiger partial charge in [0.1, 0.15) is 17.9 Å². The minimum absolute atomic E-state index is 0.0754. The van der Waals surface area contributed by atoms with Gasteiger partial charge in [0.05, 0.1) is 5.69 Å². The van der Waals surface area contributed by atoms with E-state index in [1.165, 1.54) is 0 Å². The van der Waals surface area contributed by atoms with Crippen molar-refractivity contribution in [3.05, 3.63) is 95.8 Å². The van der Waals surface area contributed by atoms with Crippen LogP contribution in [0.4, 0.5) is 0 Å². The van der Waals surface area contributed by atoms with Gasteiger partial charge in [-0.25, -0.2) is 0 Å². The van der Waals surface area contributed by atoms with Crippen LogP contribution in [0.1, 0.15) is 29.7 Å². The highest BCUT2D eigenvalue weighted by molar-refractivity contribution is 5.87. The summed E-state index contributed by atoms with van der Waals surface area (Å²) in [5.74, 6) is 0.928. The lowest BCUT2D eigenvalue weighted by Gasteiger charge is -2.38. The third kappa shape index (κ3) is 4.32. The number of hydrogen-bond donors (Lipinski definition) is 0. The van der Waals surface area contributed by atoms with Crippen LogP contribution in [-0.2, 0) is 23.5 Å². The Morgan fingerprint density at radius 3 is 2.52 bits per heavy atom. The number of carbonyl (C=O) groups is 1. The second-order valence-electron chi connectivity index (χ2n) is 8.18. The van der Waals surface area contributed by atoms with Crippen LogP contribution in [0.15, 0.2) is 79.0 Å². The molecule has 0 saturated carbocycles. The van der Waals surface area contributed by atoms with Gasteiger partial charge in [0.15, 0.2) is 0 Å². The summed E-state index contributed by atoms with van der Waals surface area (Å²) in [5, 5.41) is 0. The second-order valence-corrected chi connectivity index (χ2v) is 8.18. The molecule has 1 fully saturated rings. The highest BCUT2D eigenvalue weighted by atomic mass is 16.5. The molecular weight excluding hydrogens is 386 g/mol. The van der Waals surface area contributed by atoms with Gasteiger partial charge in [-0.3, -0.25) is 14.7 Å². The lowest BCUT2D eigenvalue weighted by Crippen LogP contribution is -2.52. The molecule has 1 aliphatic heterocycles. The van der Waals surface area contributed by atoms with E-state index in [1.54, 1.807) is 11.1 Å². The summed E-state index contributed by atoms with van der Waals surface area (Å²) in [5.41, 5.74) is 2.27. The number of amides is 1. The second kappa shape index (κ2) is 9.31. The SMILES string of the molecule is CN(C)C(=O)[C@@]1(c2ccccn2)CCCN1Cc1ccccc1OCc1ccccc1. The standard InChI is InChI=1S/C26H29N3O2/c1-28(2)25(30)26(24-15-8-9-17-27-24)16-10-18-29(26)19-22-13-6-7-14-23(22)31-20-21-11-4-3-5-12-21/h3-9,11-15,17H,10,16,18-20H2,1-2H3/t26-/m0/s1. The fraction of sp³-hybridized carbons (Fsp3) is 0.308. The van der Waals surface area contributed by atoms with Crippen LogP contribution in [0.3, 0.4) is 0 Å². The molecule has 160 valence electrons. The van der Waals surface area contributed by atoms with Crippen LogP contribution in [0.25, 0.3) is 0 Å². The number of para-hydroxylation sites is 1. The van der Waals surface area contributed by atoms with E-state index in [9.17, 15) is 4.79 Å². The summed E-state index contributed by atoms with van der Waals surface area (Å²) in [6.07, 6.45) is 3.48. The van der Waals surface area contributed by atoms with E-state index in [4.69, 9.17) is 4.74 Å². The monoisotopic (exact) mass is 415 g/mol. The highest BCUT2D eigenvalue weighted by Crippen LogP contribution is 2.41. The van der Waals surface area contributed by atoms with Crippen molar-refractivity contribution < 1.29 is 9.53 Å². The predicted molar refractivity (Wildman–Crippen MR) is 121 cm³/mol. The van der Waals surface area contributed by atoms with Crippen molar-refractivity contribution in [1.29, 1.82) is 0 Å². The molecule has 0 unspecified atom stereocenters. The molecule has 0 radical (unpaired) electrons. The topological polar surface area (TPSA) is 45.7 Å². The van der Waals surface area contributed by atoms with Crippen LogP contribution < -0.4 is 4.74 Å². The molecule has 1 atom stereocenters. The summed E-state index contributed by atoms with van der Waals surface area (Å²) in [6, 6.07) is 24.1. The molecule has 0 spiro atoms. The first-order valence-corrected chi connectivity index (χ1v) is 10.7. The molecule has 5 heteroatoms. The zero-order valence-corrected chi connectivity index (χ0v) is 18.2. The number of benzene rings is 2. The van der Waals surface area contributed by atoms with E-state index in [-0.39, 0.29) is 5.91 Å². The number of hydrogen-bond acceptors (Lipinski definition) is 4. The minimum Gasteiger partial charge on any atom is -0.489 e. The number of nitrogens with zero attached hydrogens (tertiary/aromatic N) is 3. The van der Waals surface area contributed by atoms with Gasteiger partial charge in [-0.1, -0.05) is 54.6 Å². The van der Waals surface area contributed by atoms with Gasteiger partial charge in [-0.2, -0.15) is 0 Å². The first-order valence-electron chi connectivity index (χ1n) is 10.7. The van der Waals surface area contributed by atoms with Crippen LogP contribution in [0, 0.1) is 0 Å². The molecule has 31 heavy (non-hydrogen) atoms. The molecule has 2 aromatic carbocycles. The molecule has 0 bridgehead atoms. The molecule has 1 aromatic heterocycles. The van der Waals surface area contributed by atoms with Gasteiger partial charge in [0.25, 0.3) is 0 Å². The van der Waals surface area contributed by atoms with E-state index in [2.05, 4.69) is 28.1 Å². The Balaban J connectivity index is 1.63. The minimum atomic E-state index is -0.753. The Bertz CT molecular complexity index is 1010. The largest absolute Gasteiger partial charge is 0.489 e. The van der Waals surface area contributed by atoms with Crippen molar-refractivity contribution in [2.24, 2.45) is 0 Å². The molecule has 0 aliphatic carbocycles. The van der Waals surface area contributed by atoms with E-state index in [1.807, 2.05) is 68.7 Å². The van der Waals surface area contributed by atoms with Gasteiger partial charge >= 0.3 is 0 Å². The predicted octanol–water partition coefficient (Wildman–Crippen LogP) is 4.24. The van der Waals surface area contributed by atoms with Crippen LogP contribution >= 0.6 is 0 Å². The maximum absolute atomic E-state index is 13.5. The van der Waals surface area contributed by atoms with Crippen molar-refractivity contribution in [3.63, 3.8) is 0 Å². The van der Waals surface area contributed by atoms with E-state index < -0.39 is 5.54 Å². The lowest BCUT2D eigenvalue weighted by atomic mass is 9.89.